The molecule has 2 aromatic rings. The van der Waals surface area contributed by atoms with E-state index in [1.165, 1.54) is 38.5 Å². The Hall–Kier alpha value is -3.75. The summed E-state index contributed by atoms with van der Waals surface area (Å²) in [6.45, 7) is -0.446. The highest BCUT2D eigenvalue weighted by Gasteiger charge is 2.11. The quantitative estimate of drug-likeness (QED) is 0.569. The van der Waals surface area contributed by atoms with Crippen molar-refractivity contribution in [3.05, 3.63) is 53.6 Å². The average molecular weight is 402 g/mol. The summed E-state index contributed by atoms with van der Waals surface area (Å²) in [4.78, 5) is 34.6. The van der Waals surface area contributed by atoms with Gasteiger partial charge in [-0.2, -0.15) is 0 Å². The largest absolute Gasteiger partial charge is 0.493 e. The zero-order valence-electron chi connectivity index (χ0n) is 16.1. The molecule has 0 aliphatic heterocycles. The highest BCUT2D eigenvalue weighted by molar-refractivity contribution is 5.91. The molecule has 2 rings (SSSR count). The molecular weight excluding hydrogens is 380 g/mol. The van der Waals surface area contributed by atoms with Crippen molar-refractivity contribution < 1.29 is 33.3 Å². The molecule has 9 nitrogen and oxygen atoms in total. The molecule has 2 amide bonds. The normalized spacial score (nSPS) is 10.0. The van der Waals surface area contributed by atoms with Gasteiger partial charge in [0, 0.05) is 6.54 Å². The second kappa shape index (κ2) is 10.5. The number of carbonyl (C=O) groups is 3. The van der Waals surface area contributed by atoms with E-state index < -0.39 is 24.4 Å². The van der Waals surface area contributed by atoms with Crippen LogP contribution in [0.5, 0.6) is 17.2 Å². The molecular formula is C20H22N2O7. The van der Waals surface area contributed by atoms with Gasteiger partial charge in [-0.1, -0.05) is 6.07 Å². The number of primary amides is 1. The number of nitrogens with two attached hydrogens (primary N) is 1. The molecule has 0 aromatic heterocycles. The van der Waals surface area contributed by atoms with E-state index in [1.54, 1.807) is 18.2 Å². The fourth-order valence-corrected chi connectivity index (χ4v) is 2.30. The predicted octanol–water partition coefficient (Wildman–Crippen LogP) is 1.04. The number of benzene rings is 2. The molecule has 9 heteroatoms. The zero-order valence-corrected chi connectivity index (χ0v) is 16.1. The van der Waals surface area contributed by atoms with Gasteiger partial charge < -0.3 is 30.0 Å². The molecule has 0 saturated carbocycles. The number of carbonyl (C=O) groups excluding carboxylic acids is 3. The molecule has 0 aliphatic carbocycles. The molecule has 0 fully saturated rings. The minimum atomic E-state index is -0.660. The predicted molar refractivity (Wildman–Crippen MR) is 103 cm³/mol. The van der Waals surface area contributed by atoms with Crippen LogP contribution in [0.4, 0.5) is 0 Å². The van der Waals surface area contributed by atoms with Gasteiger partial charge >= 0.3 is 5.97 Å². The molecule has 29 heavy (non-hydrogen) atoms. The van der Waals surface area contributed by atoms with E-state index in [9.17, 15) is 14.4 Å². The van der Waals surface area contributed by atoms with Crippen molar-refractivity contribution in [1.82, 2.24) is 5.32 Å². The molecule has 0 saturated heterocycles. The van der Waals surface area contributed by atoms with E-state index in [1.807, 2.05) is 0 Å². The standard InChI is InChI=1S/C20H22N2O7/c1-26-16-8-3-13(9-17(16)27-2)10-22-19(24)12-29-20(25)14-4-6-15(7-5-14)28-11-18(21)23/h3-9H,10-12H2,1-2H3,(H2,21,23)(H,22,24). The van der Waals surface area contributed by atoms with E-state index in [0.717, 1.165) is 5.56 Å². The molecule has 0 radical (unpaired) electrons. The van der Waals surface area contributed by atoms with Crippen LogP contribution in [-0.4, -0.2) is 45.2 Å². The van der Waals surface area contributed by atoms with Crippen molar-refractivity contribution in [3.63, 3.8) is 0 Å². The number of rotatable bonds is 10. The fraction of sp³-hybridized carbons (Fsp3) is 0.250. The van der Waals surface area contributed by atoms with Gasteiger partial charge in [0.15, 0.2) is 24.7 Å². The van der Waals surface area contributed by atoms with Crippen molar-refractivity contribution in [3.8, 4) is 17.2 Å². The molecule has 0 unspecified atom stereocenters. The lowest BCUT2D eigenvalue weighted by Gasteiger charge is -2.10. The number of hydrogen-bond donors (Lipinski definition) is 2. The number of amides is 2. The maximum atomic E-state index is 12.0. The van der Waals surface area contributed by atoms with Gasteiger partial charge in [0.2, 0.25) is 0 Å². The van der Waals surface area contributed by atoms with Crippen LogP contribution in [0, 0.1) is 0 Å². The summed E-state index contributed by atoms with van der Waals surface area (Å²) in [5, 5.41) is 2.65. The average Bonchev–Trinajstić information content (AvgIpc) is 2.74. The summed E-state index contributed by atoms with van der Waals surface area (Å²) < 4.78 is 20.4. The van der Waals surface area contributed by atoms with Gasteiger partial charge in [0.25, 0.3) is 11.8 Å². The van der Waals surface area contributed by atoms with Crippen LogP contribution in [0.2, 0.25) is 0 Å². The Bertz CT molecular complexity index is 866. The Morgan fingerprint density at radius 1 is 0.931 bits per heavy atom. The number of methoxy groups -OCH3 is 2. The Balaban J connectivity index is 1.80. The maximum Gasteiger partial charge on any atom is 0.338 e. The topological polar surface area (TPSA) is 126 Å². The van der Waals surface area contributed by atoms with Crippen LogP contribution in [0.1, 0.15) is 15.9 Å². The molecule has 0 bridgehead atoms. The molecule has 0 aliphatic rings. The van der Waals surface area contributed by atoms with Crippen LogP contribution >= 0.6 is 0 Å². The first-order chi connectivity index (χ1) is 13.9. The maximum absolute atomic E-state index is 12.0. The first-order valence-electron chi connectivity index (χ1n) is 8.59. The molecule has 0 spiro atoms. The minimum Gasteiger partial charge on any atom is -0.493 e. The summed E-state index contributed by atoms with van der Waals surface area (Å²) in [6.07, 6.45) is 0. The third-order valence-electron chi connectivity index (χ3n) is 3.74. The van der Waals surface area contributed by atoms with Crippen molar-refractivity contribution >= 4 is 17.8 Å². The molecule has 0 heterocycles. The van der Waals surface area contributed by atoms with Gasteiger partial charge in [-0.05, 0) is 42.0 Å². The smallest absolute Gasteiger partial charge is 0.338 e. The molecule has 154 valence electrons. The fourth-order valence-electron chi connectivity index (χ4n) is 2.30. The lowest BCUT2D eigenvalue weighted by atomic mass is 10.2. The monoisotopic (exact) mass is 402 g/mol. The van der Waals surface area contributed by atoms with Gasteiger partial charge in [-0.15, -0.1) is 0 Å². The first kappa shape index (κ1) is 21.5. The highest BCUT2D eigenvalue weighted by Crippen LogP contribution is 2.27. The van der Waals surface area contributed by atoms with Gasteiger partial charge in [-0.25, -0.2) is 4.79 Å². The van der Waals surface area contributed by atoms with E-state index >= 15 is 0 Å². The third kappa shape index (κ3) is 6.73. The Morgan fingerprint density at radius 2 is 1.62 bits per heavy atom. The SMILES string of the molecule is COc1ccc(CNC(=O)COC(=O)c2ccc(OCC(N)=O)cc2)cc1OC. The van der Waals surface area contributed by atoms with Crippen LogP contribution in [0.3, 0.4) is 0 Å². The molecule has 2 aromatic carbocycles. The third-order valence-corrected chi connectivity index (χ3v) is 3.74. The van der Waals surface area contributed by atoms with Crippen LogP contribution in [0.25, 0.3) is 0 Å². The summed E-state index contributed by atoms with van der Waals surface area (Å²) >= 11 is 0. The van der Waals surface area contributed by atoms with Gasteiger partial charge in [-0.3, -0.25) is 9.59 Å². The number of ether oxygens (including phenoxy) is 4. The van der Waals surface area contributed by atoms with Gasteiger partial charge in [0.1, 0.15) is 5.75 Å². The van der Waals surface area contributed by atoms with Crippen LogP contribution in [0.15, 0.2) is 42.5 Å². The summed E-state index contributed by atoms with van der Waals surface area (Å²) in [5.74, 6) is -0.195. The summed E-state index contributed by atoms with van der Waals surface area (Å²) in [5.41, 5.74) is 6.03. The second-order valence-electron chi connectivity index (χ2n) is 5.82. The van der Waals surface area contributed by atoms with Crippen LogP contribution in [-0.2, 0) is 20.9 Å². The number of hydrogen-bond acceptors (Lipinski definition) is 7. The Kier molecular flexibility index (Phi) is 7.84. The number of nitrogens with one attached hydrogen (secondary N) is 1. The lowest BCUT2D eigenvalue weighted by molar-refractivity contribution is -0.124. The number of esters is 1. The van der Waals surface area contributed by atoms with Crippen molar-refractivity contribution in [2.24, 2.45) is 5.73 Å². The van der Waals surface area contributed by atoms with Crippen molar-refractivity contribution in [1.29, 1.82) is 0 Å². The summed E-state index contributed by atoms with van der Waals surface area (Å²) in [6, 6.07) is 11.2. The van der Waals surface area contributed by atoms with E-state index in [0.29, 0.717) is 17.2 Å². The Morgan fingerprint density at radius 3 is 2.24 bits per heavy atom. The van der Waals surface area contributed by atoms with E-state index in [2.05, 4.69) is 5.32 Å². The highest BCUT2D eigenvalue weighted by atomic mass is 16.5. The van der Waals surface area contributed by atoms with Crippen molar-refractivity contribution in [2.75, 3.05) is 27.4 Å². The first-order valence-corrected chi connectivity index (χ1v) is 8.59. The van der Waals surface area contributed by atoms with Gasteiger partial charge in [0.05, 0.1) is 19.8 Å². The lowest BCUT2D eigenvalue weighted by Crippen LogP contribution is -2.28. The summed E-state index contributed by atoms with van der Waals surface area (Å²) in [7, 11) is 3.06. The van der Waals surface area contributed by atoms with Crippen LogP contribution < -0.4 is 25.3 Å². The second-order valence-corrected chi connectivity index (χ2v) is 5.82. The zero-order chi connectivity index (χ0) is 21.2. The minimum absolute atomic E-state index is 0.239. The Labute approximate surface area is 167 Å². The van der Waals surface area contributed by atoms with E-state index in [4.69, 9.17) is 24.7 Å². The van der Waals surface area contributed by atoms with Crippen molar-refractivity contribution in [2.45, 2.75) is 6.54 Å². The molecule has 0 atom stereocenters. The van der Waals surface area contributed by atoms with E-state index in [-0.39, 0.29) is 18.7 Å². The molecule has 3 N–H and O–H groups in total.